The monoisotopic (exact) mass is 390 g/mol. The van der Waals surface area contributed by atoms with Crippen molar-refractivity contribution in [2.45, 2.75) is 0 Å². The molecule has 0 saturated carbocycles. The van der Waals surface area contributed by atoms with Crippen molar-refractivity contribution in [2.75, 3.05) is 12.4 Å². The van der Waals surface area contributed by atoms with Gasteiger partial charge in [0.2, 0.25) is 0 Å². The molecule has 0 aliphatic heterocycles. The smallest absolute Gasteiger partial charge is 0.266 e. The van der Waals surface area contributed by atoms with E-state index >= 15 is 0 Å². The maximum absolute atomic E-state index is 13.6. The number of phenolic OH excluding ortho intramolecular Hbond substituents is 1. The molecule has 2 aromatic rings. The Morgan fingerprint density at radius 3 is 2.75 bits per heavy atom. The van der Waals surface area contributed by atoms with E-state index in [1.165, 1.54) is 43.5 Å². The van der Waals surface area contributed by atoms with Crippen LogP contribution in [0.1, 0.15) is 5.56 Å². The van der Waals surface area contributed by atoms with Crippen LogP contribution < -0.4 is 10.1 Å². The Balaban J connectivity index is 2.33. The van der Waals surface area contributed by atoms with Gasteiger partial charge in [-0.25, -0.2) is 4.39 Å². The van der Waals surface area contributed by atoms with Crippen LogP contribution in [0, 0.1) is 17.1 Å². The van der Waals surface area contributed by atoms with Crippen LogP contribution in [0.25, 0.3) is 6.08 Å². The van der Waals surface area contributed by atoms with Gasteiger partial charge in [-0.05, 0) is 35.9 Å². The largest absolute Gasteiger partial charge is 0.504 e. The predicted octanol–water partition coefficient (Wildman–Crippen LogP) is 3.85. The molecule has 122 valence electrons. The van der Waals surface area contributed by atoms with E-state index in [4.69, 9.17) is 4.74 Å². The zero-order valence-electron chi connectivity index (χ0n) is 12.5. The second-order valence-electron chi connectivity index (χ2n) is 4.65. The number of hydrogen-bond acceptors (Lipinski definition) is 4. The molecule has 0 fully saturated rings. The van der Waals surface area contributed by atoms with E-state index < -0.39 is 11.7 Å². The van der Waals surface area contributed by atoms with Crippen LogP contribution in [-0.2, 0) is 4.79 Å². The molecule has 0 atom stereocenters. The van der Waals surface area contributed by atoms with Gasteiger partial charge in [0.1, 0.15) is 17.5 Å². The molecule has 0 bridgehead atoms. The van der Waals surface area contributed by atoms with Gasteiger partial charge in [0.15, 0.2) is 11.5 Å². The van der Waals surface area contributed by atoms with Crippen LogP contribution in [0.5, 0.6) is 11.5 Å². The first-order chi connectivity index (χ1) is 11.5. The Hall–Kier alpha value is -2.85. The van der Waals surface area contributed by atoms with Crippen LogP contribution in [0.2, 0.25) is 0 Å². The lowest BCUT2D eigenvalue weighted by Crippen LogP contribution is -2.14. The Morgan fingerprint density at radius 1 is 1.42 bits per heavy atom. The fourth-order valence-corrected chi connectivity index (χ4v) is 2.33. The summed E-state index contributed by atoms with van der Waals surface area (Å²) in [5.41, 5.74) is 0.123. The normalized spacial score (nSPS) is 10.8. The molecule has 7 heteroatoms. The lowest BCUT2D eigenvalue weighted by Gasteiger charge is -2.08. The predicted molar refractivity (Wildman–Crippen MR) is 91.0 cm³/mol. The fourth-order valence-electron chi connectivity index (χ4n) is 1.89. The van der Waals surface area contributed by atoms with Gasteiger partial charge in [-0.2, -0.15) is 5.26 Å². The zero-order valence-corrected chi connectivity index (χ0v) is 14.1. The summed E-state index contributed by atoms with van der Waals surface area (Å²) in [6, 6.07) is 10.2. The number of benzene rings is 2. The summed E-state index contributed by atoms with van der Waals surface area (Å²) in [5, 5.41) is 21.3. The molecular weight excluding hydrogens is 379 g/mol. The third-order valence-corrected chi connectivity index (χ3v) is 3.77. The van der Waals surface area contributed by atoms with Gasteiger partial charge in [0.25, 0.3) is 5.91 Å². The van der Waals surface area contributed by atoms with Gasteiger partial charge < -0.3 is 15.2 Å². The standard InChI is InChI=1S/C17H12BrFN2O3/c1-24-16-8-12(18)10(7-15(16)22)6-11(9-20)17(23)21-14-5-3-2-4-13(14)19/h2-8,22H,1H3,(H,21,23)/b11-6+. The van der Waals surface area contributed by atoms with E-state index in [2.05, 4.69) is 21.2 Å². The first kappa shape index (κ1) is 17.5. The highest BCUT2D eigenvalue weighted by molar-refractivity contribution is 9.10. The van der Waals surface area contributed by atoms with Crippen molar-refractivity contribution in [3.05, 3.63) is 57.8 Å². The molecule has 0 aliphatic rings. The van der Waals surface area contributed by atoms with Crippen molar-refractivity contribution in [3.63, 3.8) is 0 Å². The van der Waals surface area contributed by atoms with E-state index in [0.29, 0.717) is 10.0 Å². The van der Waals surface area contributed by atoms with Crippen LogP contribution >= 0.6 is 15.9 Å². The quantitative estimate of drug-likeness (QED) is 0.613. The van der Waals surface area contributed by atoms with E-state index in [9.17, 15) is 19.6 Å². The highest BCUT2D eigenvalue weighted by Gasteiger charge is 2.14. The molecule has 24 heavy (non-hydrogen) atoms. The number of para-hydroxylation sites is 1. The Kier molecular flexibility index (Phi) is 5.55. The van der Waals surface area contributed by atoms with Crippen LogP contribution in [0.15, 0.2) is 46.4 Å². The van der Waals surface area contributed by atoms with E-state index in [0.717, 1.165) is 0 Å². The minimum Gasteiger partial charge on any atom is -0.504 e. The number of halogens is 2. The average Bonchev–Trinajstić information content (AvgIpc) is 2.57. The molecule has 2 aromatic carbocycles. The maximum atomic E-state index is 13.6. The molecule has 0 saturated heterocycles. The van der Waals surface area contributed by atoms with Gasteiger partial charge >= 0.3 is 0 Å². The number of rotatable bonds is 4. The number of hydrogen-bond donors (Lipinski definition) is 2. The summed E-state index contributed by atoms with van der Waals surface area (Å²) in [5.74, 6) is -1.26. The van der Waals surface area contributed by atoms with E-state index in [-0.39, 0.29) is 22.8 Å². The van der Waals surface area contributed by atoms with Crippen LogP contribution in [-0.4, -0.2) is 18.1 Å². The average molecular weight is 391 g/mol. The van der Waals surface area contributed by atoms with Crippen molar-refractivity contribution in [3.8, 4) is 17.6 Å². The Bertz CT molecular complexity index is 859. The lowest BCUT2D eigenvalue weighted by atomic mass is 10.1. The number of carbonyl (C=O) groups excluding carboxylic acids is 1. The van der Waals surface area contributed by atoms with Gasteiger partial charge in [-0.3, -0.25) is 4.79 Å². The Labute approximate surface area is 146 Å². The first-order valence-electron chi connectivity index (χ1n) is 6.70. The molecule has 0 aromatic heterocycles. The van der Waals surface area contributed by atoms with E-state index in [1.807, 2.05) is 0 Å². The highest BCUT2D eigenvalue weighted by Crippen LogP contribution is 2.33. The third-order valence-electron chi connectivity index (χ3n) is 3.09. The number of anilines is 1. The molecule has 1 amide bonds. The third kappa shape index (κ3) is 3.91. The van der Waals surface area contributed by atoms with Crippen molar-refractivity contribution < 1.29 is 19.0 Å². The number of nitriles is 1. The topological polar surface area (TPSA) is 82.3 Å². The molecule has 2 rings (SSSR count). The number of amides is 1. The number of nitrogens with zero attached hydrogens (tertiary/aromatic N) is 1. The van der Waals surface area contributed by atoms with Crippen LogP contribution in [0.4, 0.5) is 10.1 Å². The van der Waals surface area contributed by atoms with Crippen molar-refractivity contribution in [2.24, 2.45) is 0 Å². The highest BCUT2D eigenvalue weighted by atomic mass is 79.9. The molecule has 2 N–H and O–H groups in total. The van der Waals surface area contributed by atoms with E-state index in [1.54, 1.807) is 12.1 Å². The number of carbonyl (C=O) groups is 1. The number of methoxy groups -OCH3 is 1. The molecule has 0 spiro atoms. The zero-order chi connectivity index (χ0) is 17.7. The molecule has 0 unspecified atom stereocenters. The summed E-state index contributed by atoms with van der Waals surface area (Å²) < 4.78 is 19.1. The molecule has 5 nitrogen and oxygen atoms in total. The summed E-state index contributed by atoms with van der Waals surface area (Å²) in [4.78, 5) is 12.1. The number of nitrogens with one attached hydrogen (secondary N) is 1. The molecule has 0 heterocycles. The summed E-state index contributed by atoms with van der Waals surface area (Å²) in [6.07, 6.45) is 1.28. The van der Waals surface area contributed by atoms with Crippen LogP contribution in [0.3, 0.4) is 0 Å². The Morgan fingerprint density at radius 2 is 2.12 bits per heavy atom. The minimum atomic E-state index is -0.759. The second kappa shape index (κ2) is 7.62. The number of aromatic hydroxyl groups is 1. The van der Waals surface area contributed by atoms with Gasteiger partial charge in [0.05, 0.1) is 12.8 Å². The molecule has 0 aliphatic carbocycles. The fraction of sp³-hybridized carbons (Fsp3) is 0.0588. The minimum absolute atomic E-state index is 0.0275. The van der Waals surface area contributed by atoms with Crippen molar-refractivity contribution in [1.82, 2.24) is 0 Å². The maximum Gasteiger partial charge on any atom is 0.266 e. The van der Waals surface area contributed by atoms with Crippen molar-refractivity contribution in [1.29, 1.82) is 5.26 Å². The lowest BCUT2D eigenvalue weighted by molar-refractivity contribution is -0.112. The summed E-state index contributed by atoms with van der Waals surface area (Å²) >= 11 is 3.27. The van der Waals surface area contributed by atoms with Gasteiger partial charge in [-0.15, -0.1) is 0 Å². The SMILES string of the molecule is COc1cc(Br)c(/C=C(\C#N)C(=O)Nc2ccccc2F)cc1O. The first-order valence-corrected chi connectivity index (χ1v) is 7.49. The summed E-state index contributed by atoms with van der Waals surface area (Å²) in [7, 11) is 1.40. The second-order valence-corrected chi connectivity index (χ2v) is 5.50. The number of ether oxygens (including phenoxy) is 1. The number of phenols is 1. The summed E-state index contributed by atoms with van der Waals surface area (Å²) in [6.45, 7) is 0. The van der Waals surface area contributed by atoms with Gasteiger partial charge in [-0.1, -0.05) is 28.1 Å². The van der Waals surface area contributed by atoms with Gasteiger partial charge in [0, 0.05) is 4.47 Å². The molecule has 0 radical (unpaired) electrons. The van der Waals surface area contributed by atoms with Crippen molar-refractivity contribution >= 4 is 33.6 Å². The molecular formula is C17H12BrFN2O3.